The molecule has 9 heteroatoms. The van der Waals surface area contributed by atoms with Crippen molar-refractivity contribution in [3.8, 4) is 23.3 Å². The van der Waals surface area contributed by atoms with E-state index in [1.807, 2.05) is 38.1 Å². The molecule has 214 valence electrons. The standard InChI is InChI=1S/C33H27BrCl2N2O4/c1-3-40-31-16-23(15-29(34)32(31)42-19-22-6-4-5-21(2)13-22)14-25(18-37)33(39)38-27-9-11-28(12-10-27)41-20-24-7-8-26(35)17-30(24)36/h4-17H,3,19-20H2,1-2H3,(H,38,39)/b25-14+. The summed E-state index contributed by atoms with van der Waals surface area (Å²) in [6.45, 7) is 4.94. The topological polar surface area (TPSA) is 80.6 Å². The molecule has 0 aliphatic heterocycles. The van der Waals surface area contributed by atoms with E-state index in [-0.39, 0.29) is 12.2 Å². The van der Waals surface area contributed by atoms with E-state index in [1.54, 1.807) is 54.6 Å². The van der Waals surface area contributed by atoms with Crippen LogP contribution in [0.5, 0.6) is 17.2 Å². The molecule has 1 amide bonds. The van der Waals surface area contributed by atoms with Crippen molar-refractivity contribution in [2.75, 3.05) is 11.9 Å². The van der Waals surface area contributed by atoms with Crippen molar-refractivity contribution in [2.24, 2.45) is 0 Å². The third kappa shape index (κ3) is 8.53. The summed E-state index contributed by atoms with van der Waals surface area (Å²) in [7, 11) is 0. The van der Waals surface area contributed by atoms with Crippen LogP contribution in [0.3, 0.4) is 0 Å². The number of anilines is 1. The second-order valence-electron chi connectivity index (χ2n) is 9.21. The van der Waals surface area contributed by atoms with Crippen LogP contribution in [0.15, 0.2) is 88.9 Å². The van der Waals surface area contributed by atoms with E-state index in [2.05, 4.69) is 27.3 Å². The van der Waals surface area contributed by atoms with E-state index in [4.69, 9.17) is 37.4 Å². The van der Waals surface area contributed by atoms with Gasteiger partial charge in [0, 0.05) is 21.3 Å². The lowest BCUT2D eigenvalue weighted by Crippen LogP contribution is -2.13. The zero-order chi connectivity index (χ0) is 30.1. The fraction of sp³-hybridized carbons (Fsp3) is 0.152. The zero-order valence-electron chi connectivity index (χ0n) is 22.9. The molecule has 0 radical (unpaired) electrons. The Kier molecular flexibility index (Phi) is 10.9. The number of benzene rings is 4. The van der Waals surface area contributed by atoms with Crippen molar-refractivity contribution in [1.29, 1.82) is 5.26 Å². The van der Waals surface area contributed by atoms with Crippen molar-refractivity contribution in [3.63, 3.8) is 0 Å². The largest absolute Gasteiger partial charge is 0.490 e. The maximum atomic E-state index is 12.9. The number of halogens is 3. The molecule has 4 aromatic carbocycles. The number of amides is 1. The Balaban J connectivity index is 1.43. The fourth-order valence-electron chi connectivity index (χ4n) is 3.98. The van der Waals surface area contributed by atoms with E-state index >= 15 is 0 Å². The zero-order valence-corrected chi connectivity index (χ0v) is 26.0. The summed E-state index contributed by atoms with van der Waals surface area (Å²) in [5.41, 5.74) is 4.01. The predicted octanol–water partition coefficient (Wildman–Crippen LogP) is 9.17. The molecule has 0 aliphatic rings. The number of ether oxygens (including phenoxy) is 3. The molecule has 0 fully saturated rings. The lowest BCUT2D eigenvalue weighted by atomic mass is 10.1. The highest BCUT2D eigenvalue weighted by molar-refractivity contribution is 9.10. The van der Waals surface area contributed by atoms with Gasteiger partial charge in [-0.1, -0.05) is 59.1 Å². The van der Waals surface area contributed by atoms with Crippen LogP contribution >= 0.6 is 39.1 Å². The average Bonchev–Trinajstić information content (AvgIpc) is 2.96. The van der Waals surface area contributed by atoms with Crippen LogP contribution in [0.25, 0.3) is 6.08 Å². The number of nitrogens with zero attached hydrogens (tertiary/aromatic N) is 1. The number of hydrogen-bond acceptors (Lipinski definition) is 5. The Labute approximate surface area is 263 Å². The van der Waals surface area contributed by atoms with Gasteiger partial charge >= 0.3 is 0 Å². The molecule has 4 rings (SSSR count). The van der Waals surface area contributed by atoms with E-state index in [0.29, 0.717) is 56.2 Å². The summed E-state index contributed by atoms with van der Waals surface area (Å²) in [6.07, 6.45) is 1.50. The molecule has 4 aromatic rings. The summed E-state index contributed by atoms with van der Waals surface area (Å²) in [5.74, 6) is 1.08. The minimum absolute atomic E-state index is 0.0736. The highest BCUT2D eigenvalue weighted by atomic mass is 79.9. The predicted molar refractivity (Wildman–Crippen MR) is 170 cm³/mol. The molecule has 0 heterocycles. The molecule has 0 saturated heterocycles. The lowest BCUT2D eigenvalue weighted by Gasteiger charge is -2.15. The lowest BCUT2D eigenvalue weighted by molar-refractivity contribution is -0.112. The quantitative estimate of drug-likeness (QED) is 0.128. The van der Waals surface area contributed by atoms with Crippen molar-refractivity contribution in [2.45, 2.75) is 27.1 Å². The minimum Gasteiger partial charge on any atom is -0.490 e. The van der Waals surface area contributed by atoms with Gasteiger partial charge in [0.05, 0.1) is 11.1 Å². The number of nitriles is 1. The molecule has 0 saturated carbocycles. The van der Waals surface area contributed by atoms with Gasteiger partial charge in [0.15, 0.2) is 11.5 Å². The fourth-order valence-corrected chi connectivity index (χ4v) is 5.02. The summed E-state index contributed by atoms with van der Waals surface area (Å²) >= 11 is 15.7. The van der Waals surface area contributed by atoms with Crippen molar-refractivity contribution in [3.05, 3.63) is 121 Å². The summed E-state index contributed by atoms with van der Waals surface area (Å²) in [5, 5.41) is 13.6. The van der Waals surface area contributed by atoms with Gasteiger partial charge in [-0.15, -0.1) is 0 Å². The summed E-state index contributed by atoms with van der Waals surface area (Å²) < 4.78 is 18.3. The maximum Gasteiger partial charge on any atom is 0.266 e. The van der Waals surface area contributed by atoms with Gasteiger partial charge < -0.3 is 19.5 Å². The van der Waals surface area contributed by atoms with Crippen molar-refractivity contribution < 1.29 is 19.0 Å². The van der Waals surface area contributed by atoms with Crippen LogP contribution in [0, 0.1) is 18.3 Å². The second kappa shape index (κ2) is 14.8. The van der Waals surface area contributed by atoms with Crippen LogP contribution in [0.1, 0.15) is 29.2 Å². The van der Waals surface area contributed by atoms with Gasteiger partial charge in [0.1, 0.15) is 30.6 Å². The SMILES string of the molecule is CCOc1cc(/C=C(\C#N)C(=O)Nc2ccc(OCc3ccc(Cl)cc3Cl)cc2)cc(Br)c1OCc1cccc(C)c1. The number of hydrogen-bond donors (Lipinski definition) is 1. The molecular weight excluding hydrogens is 639 g/mol. The molecule has 6 nitrogen and oxygen atoms in total. The summed E-state index contributed by atoms with van der Waals surface area (Å²) in [6, 6.07) is 25.6. The molecule has 0 bridgehead atoms. The number of aryl methyl sites for hydroxylation is 1. The monoisotopic (exact) mass is 664 g/mol. The first-order valence-corrected chi connectivity index (χ1v) is 14.5. The first-order chi connectivity index (χ1) is 20.2. The highest BCUT2D eigenvalue weighted by Gasteiger charge is 2.15. The van der Waals surface area contributed by atoms with Crippen LogP contribution in [-0.2, 0) is 18.0 Å². The molecular formula is C33H27BrCl2N2O4. The Bertz CT molecular complexity index is 1650. The normalized spacial score (nSPS) is 11.0. The minimum atomic E-state index is -0.548. The van der Waals surface area contributed by atoms with Gasteiger partial charge in [0.25, 0.3) is 5.91 Å². The molecule has 0 spiro atoms. The maximum absolute atomic E-state index is 12.9. The van der Waals surface area contributed by atoms with Crippen molar-refractivity contribution >= 4 is 56.8 Å². The van der Waals surface area contributed by atoms with Gasteiger partial charge in [-0.3, -0.25) is 4.79 Å². The molecule has 0 aromatic heterocycles. The first-order valence-electron chi connectivity index (χ1n) is 13.0. The second-order valence-corrected chi connectivity index (χ2v) is 10.9. The van der Waals surface area contributed by atoms with Crippen LogP contribution < -0.4 is 19.5 Å². The Hall–Kier alpha value is -3.96. The van der Waals surface area contributed by atoms with Gasteiger partial charge in [-0.2, -0.15) is 5.26 Å². The van der Waals surface area contributed by atoms with Crippen LogP contribution in [-0.4, -0.2) is 12.5 Å². The first kappa shape index (κ1) is 31.0. The molecule has 0 unspecified atom stereocenters. The molecule has 0 aliphatic carbocycles. The third-order valence-electron chi connectivity index (χ3n) is 6.00. The number of carbonyl (C=O) groups excluding carboxylic acids is 1. The van der Waals surface area contributed by atoms with Crippen LogP contribution in [0.2, 0.25) is 10.0 Å². The Morgan fingerprint density at radius 1 is 0.976 bits per heavy atom. The van der Waals surface area contributed by atoms with E-state index < -0.39 is 5.91 Å². The van der Waals surface area contributed by atoms with Crippen LogP contribution in [0.4, 0.5) is 5.69 Å². The van der Waals surface area contributed by atoms with E-state index in [9.17, 15) is 10.1 Å². The van der Waals surface area contributed by atoms with E-state index in [0.717, 1.165) is 16.7 Å². The summed E-state index contributed by atoms with van der Waals surface area (Å²) in [4.78, 5) is 12.9. The molecule has 42 heavy (non-hydrogen) atoms. The highest BCUT2D eigenvalue weighted by Crippen LogP contribution is 2.38. The van der Waals surface area contributed by atoms with E-state index in [1.165, 1.54) is 6.08 Å². The number of rotatable bonds is 11. The third-order valence-corrected chi connectivity index (χ3v) is 7.17. The van der Waals surface area contributed by atoms with Gasteiger partial charge in [-0.25, -0.2) is 0 Å². The number of nitrogens with one attached hydrogen (secondary N) is 1. The smallest absolute Gasteiger partial charge is 0.266 e. The van der Waals surface area contributed by atoms with Gasteiger partial charge in [0.2, 0.25) is 0 Å². The Morgan fingerprint density at radius 3 is 2.45 bits per heavy atom. The van der Waals surface area contributed by atoms with Crippen molar-refractivity contribution in [1.82, 2.24) is 0 Å². The average molecular weight is 666 g/mol. The van der Waals surface area contributed by atoms with Gasteiger partial charge in [-0.05, 0) is 95.5 Å². The number of carbonyl (C=O) groups is 1. The molecule has 1 N–H and O–H groups in total. The molecule has 0 atom stereocenters. The Morgan fingerprint density at radius 2 is 1.76 bits per heavy atom.